The molecule has 0 amide bonds. The fourth-order valence-corrected chi connectivity index (χ4v) is 4.37. The second-order valence-corrected chi connectivity index (χ2v) is 7.70. The number of nitrogens with zero attached hydrogens (tertiary/aromatic N) is 2. The minimum atomic E-state index is -3.91. The fourth-order valence-electron chi connectivity index (χ4n) is 2.80. The lowest BCUT2D eigenvalue weighted by Gasteiger charge is -2.36. The van der Waals surface area contributed by atoms with E-state index in [4.69, 9.17) is 0 Å². The molecule has 2 heterocycles. The zero-order chi connectivity index (χ0) is 16.9. The maximum atomic E-state index is 13.3. The molecule has 2 aromatic carbocycles. The number of fused-ring (bicyclic) bond motifs is 1. The van der Waals surface area contributed by atoms with Crippen LogP contribution in [0.4, 0.5) is 8.78 Å². The van der Waals surface area contributed by atoms with Gasteiger partial charge in [0.25, 0.3) is 0 Å². The van der Waals surface area contributed by atoms with Crippen molar-refractivity contribution < 1.29 is 17.2 Å². The standard InChI is InChI=1S/C16H13F2N3O2S/c17-11-5-12(18)7-13(6-11)24(22,23)21-8-10(9-21)16-19-14-3-1-2-4-15(14)20-16/h1-7,10H,8-9H2,(H,19,20). The lowest BCUT2D eigenvalue weighted by atomic mass is 10.0. The topological polar surface area (TPSA) is 66.1 Å². The van der Waals surface area contributed by atoms with Crippen molar-refractivity contribution in [3.05, 3.63) is 59.9 Å². The highest BCUT2D eigenvalue weighted by Gasteiger charge is 2.39. The second-order valence-electron chi connectivity index (χ2n) is 5.76. The largest absolute Gasteiger partial charge is 0.342 e. The number of benzene rings is 2. The first kappa shape index (κ1) is 15.2. The maximum Gasteiger partial charge on any atom is 0.243 e. The molecule has 0 spiro atoms. The van der Waals surface area contributed by atoms with Crippen LogP contribution in [0.15, 0.2) is 47.4 Å². The molecule has 1 fully saturated rings. The van der Waals surface area contributed by atoms with Gasteiger partial charge in [-0.05, 0) is 24.3 Å². The lowest BCUT2D eigenvalue weighted by molar-refractivity contribution is 0.257. The van der Waals surface area contributed by atoms with Gasteiger partial charge in [-0.25, -0.2) is 22.2 Å². The average Bonchev–Trinajstić information content (AvgIpc) is 2.87. The minimum Gasteiger partial charge on any atom is -0.342 e. The molecule has 124 valence electrons. The Labute approximate surface area is 137 Å². The Bertz CT molecular complexity index is 973. The number of para-hydroxylation sites is 2. The average molecular weight is 349 g/mol. The van der Waals surface area contributed by atoms with Crippen molar-refractivity contribution >= 4 is 21.1 Å². The molecule has 0 saturated carbocycles. The Morgan fingerprint density at radius 2 is 1.75 bits per heavy atom. The molecule has 4 rings (SSSR count). The molecule has 24 heavy (non-hydrogen) atoms. The summed E-state index contributed by atoms with van der Waals surface area (Å²) in [6, 6.07) is 9.84. The Morgan fingerprint density at radius 1 is 1.08 bits per heavy atom. The zero-order valence-electron chi connectivity index (χ0n) is 12.4. The SMILES string of the molecule is O=S(=O)(c1cc(F)cc(F)c1)N1CC(c2nc3ccccc3[nH]2)C1. The van der Waals surface area contributed by atoms with Gasteiger partial charge in [0, 0.05) is 25.1 Å². The van der Waals surface area contributed by atoms with E-state index in [1.807, 2.05) is 24.3 Å². The van der Waals surface area contributed by atoms with E-state index in [1.165, 1.54) is 4.31 Å². The van der Waals surface area contributed by atoms with Gasteiger partial charge >= 0.3 is 0 Å². The van der Waals surface area contributed by atoms with Gasteiger partial charge in [-0.15, -0.1) is 0 Å². The summed E-state index contributed by atoms with van der Waals surface area (Å²) in [7, 11) is -3.91. The first-order valence-corrected chi connectivity index (χ1v) is 8.78. The Morgan fingerprint density at radius 3 is 2.42 bits per heavy atom. The summed E-state index contributed by atoms with van der Waals surface area (Å²) in [5.74, 6) is -1.18. The molecule has 1 aromatic heterocycles. The van der Waals surface area contributed by atoms with Gasteiger partial charge in [0.2, 0.25) is 10.0 Å². The summed E-state index contributed by atoms with van der Waals surface area (Å²) in [5.41, 5.74) is 1.71. The van der Waals surface area contributed by atoms with E-state index in [0.29, 0.717) is 11.9 Å². The fraction of sp³-hybridized carbons (Fsp3) is 0.188. The van der Waals surface area contributed by atoms with Crippen LogP contribution in [0.5, 0.6) is 0 Å². The Kier molecular flexibility index (Phi) is 3.40. The highest BCUT2D eigenvalue weighted by molar-refractivity contribution is 7.89. The lowest BCUT2D eigenvalue weighted by Crippen LogP contribution is -2.48. The first-order valence-electron chi connectivity index (χ1n) is 7.34. The van der Waals surface area contributed by atoms with Crippen molar-refractivity contribution in [3.63, 3.8) is 0 Å². The first-order chi connectivity index (χ1) is 11.4. The van der Waals surface area contributed by atoms with E-state index < -0.39 is 21.7 Å². The van der Waals surface area contributed by atoms with Crippen LogP contribution in [-0.2, 0) is 10.0 Å². The van der Waals surface area contributed by atoms with Crippen LogP contribution >= 0.6 is 0 Å². The molecule has 1 aliphatic rings. The number of halogens is 2. The third-order valence-corrected chi connectivity index (χ3v) is 5.93. The maximum absolute atomic E-state index is 13.3. The number of imidazole rings is 1. The molecule has 8 heteroatoms. The van der Waals surface area contributed by atoms with Gasteiger partial charge < -0.3 is 4.98 Å². The number of sulfonamides is 1. The van der Waals surface area contributed by atoms with E-state index in [9.17, 15) is 17.2 Å². The van der Waals surface area contributed by atoms with Crippen molar-refractivity contribution in [1.82, 2.24) is 14.3 Å². The molecular weight excluding hydrogens is 336 g/mol. The van der Waals surface area contributed by atoms with Crippen molar-refractivity contribution in [2.45, 2.75) is 10.8 Å². The third kappa shape index (κ3) is 2.47. The number of hydrogen-bond acceptors (Lipinski definition) is 3. The van der Waals surface area contributed by atoms with Crippen molar-refractivity contribution in [3.8, 4) is 0 Å². The van der Waals surface area contributed by atoms with Gasteiger partial charge in [-0.2, -0.15) is 4.31 Å². The van der Waals surface area contributed by atoms with E-state index >= 15 is 0 Å². The predicted molar refractivity (Wildman–Crippen MR) is 84.0 cm³/mol. The molecule has 0 bridgehead atoms. The zero-order valence-corrected chi connectivity index (χ0v) is 13.2. The van der Waals surface area contributed by atoms with Crippen molar-refractivity contribution in [2.24, 2.45) is 0 Å². The molecule has 0 radical (unpaired) electrons. The minimum absolute atomic E-state index is 0.0643. The molecular formula is C16H13F2N3O2S. The van der Waals surface area contributed by atoms with Gasteiger partial charge in [0.15, 0.2) is 0 Å². The normalized spacial score (nSPS) is 16.4. The molecule has 5 nitrogen and oxygen atoms in total. The van der Waals surface area contributed by atoms with Crippen LogP contribution in [0.3, 0.4) is 0 Å². The van der Waals surface area contributed by atoms with Crippen LogP contribution in [0.1, 0.15) is 11.7 Å². The number of H-pyrrole nitrogens is 1. The van der Waals surface area contributed by atoms with Gasteiger partial charge in [-0.1, -0.05) is 12.1 Å². The van der Waals surface area contributed by atoms with Crippen LogP contribution in [0.2, 0.25) is 0 Å². The van der Waals surface area contributed by atoms with Crippen molar-refractivity contribution in [2.75, 3.05) is 13.1 Å². The van der Waals surface area contributed by atoms with Crippen LogP contribution in [0.25, 0.3) is 11.0 Å². The van der Waals surface area contributed by atoms with Gasteiger partial charge in [0.05, 0.1) is 15.9 Å². The molecule has 1 saturated heterocycles. The van der Waals surface area contributed by atoms with Crippen molar-refractivity contribution in [1.29, 1.82) is 0 Å². The van der Waals surface area contributed by atoms with E-state index in [0.717, 1.165) is 23.2 Å². The second kappa shape index (κ2) is 5.35. The quantitative estimate of drug-likeness (QED) is 0.790. The number of aromatic amines is 1. The highest BCUT2D eigenvalue weighted by atomic mass is 32.2. The monoisotopic (exact) mass is 349 g/mol. The Hall–Kier alpha value is -2.32. The molecule has 0 atom stereocenters. The van der Waals surface area contributed by atoms with E-state index in [-0.39, 0.29) is 23.9 Å². The summed E-state index contributed by atoms with van der Waals surface area (Å²) in [6.07, 6.45) is 0. The number of hydrogen-bond donors (Lipinski definition) is 1. The molecule has 1 N–H and O–H groups in total. The summed E-state index contributed by atoms with van der Waals surface area (Å²) in [4.78, 5) is 7.26. The predicted octanol–water partition coefficient (Wildman–Crippen LogP) is 2.63. The van der Waals surface area contributed by atoms with E-state index in [1.54, 1.807) is 0 Å². The summed E-state index contributed by atoms with van der Waals surface area (Å²) < 4.78 is 52.6. The summed E-state index contributed by atoms with van der Waals surface area (Å²) in [5, 5.41) is 0. The summed E-state index contributed by atoms with van der Waals surface area (Å²) >= 11 is 0. The highest BCUT2D eigenvalue weighted by Crippen LogP contribution is 2.32. The Balaban J connectivity index is 1.56. The number of nitrogens with one attached hydrogen (secondary N) is 1. The number of aromatic nitrogens is 2. The molecule has 3 aromatic rings. The van der Waals surface area contributed by atoms with Gasteiger partial charge in [0.1, 0.15) is 17.5 Å². The van der Waals surface area contributed by atoms with E-state index in [2.05, 4.69) is 9.97 Å². The molecule has 0 aliphatic carbocycles. The smallest absolute Gasteiger partial charge is 0.243 e. The van der Waals surface area contributed by atoms with Crippen LogP contribution in [0, 0.1) is 11.6 Å². The van der Waals surface area contributed by atoms with Crippen LogP contribution < -0.4 is 0 Å². The third-order valence-electron chi connectivity index (χ3n) is 4.12. The molecule has 1 aliphatic heterocycles. The number of rotatable bonds is 3. The van der Waals surface area contributed by atoms with Gasteiger partial charge in [-0.3, -0.25) is 0 Å². The van der Waals surface area contributed by atoms with Crippen LogP contribution in [-0.4, -0.2) is 35.8 Å². The molecule has 0 unspecified atom stereocenters. The summed E-state index contributed by atoms with van der Waals surface area (Å²) in [6.45, 7) is 0.445.